The number of halogens is 2. The molecule has 4 bridgehead atoms. The van der Waals surface area contributed by atoms with E-state index in [0.29, 0.717) is 40.5 Å². The molecule has 4 fully saturated rings. The van der Waals surface area contributed by atoms with Gasteiger partial charge in [-0.05, 0) is 75.5 Å². The zero-order chi connectivity index (χ0) is 22.8. The lowest BCUT2D eigenvalue weighted by molar-refractivity contribution is -0.179. The first-order chi connectivity index (χ1) is 14.7. The summed E-state index contributed by atoms with van der Waals surface area (Å²) in [6, 6.07) is 3.00. The van der Waals surface area contributed by atoms with Crippen LogP contribution in [0.15, 0.2) is 12.1 Å². The third-order valence-corrected chi connectivity index (χ3v) is 7.60. The number of hydrogen-bond donors (Lipinski definition) is 2. The monoisotopic (exact) mass is 474 g/mol. The Morgan fingerprint density at radius 1 is 1.29 bits per heavy atom. The van der Waals surface area contributed by atoms with Crippen LogP contribution in [0, 0.1) is 35.9 Å². The van der Waals surface area contributed by atoms with Gasteiger partial charge in [0.25, 0.3) is 0 Å². The van der Waals surface area contributed by atoms with E-state index >= 15 is 0 Å². The highest BCUT2D eigenvalue weighted by atomic mass is 35.5. The van der Waals surface area contributed by atoms with Crippen molar-refractivity contribution < 1.29 is 27.7 Å². The van der Waals surface area contributed by atoms with Gasteiger partial charge >= 0.3 is 5.97 Å². The van der Waals surface area contributed by atoms with Gasteiger partial charge in [-0.25, -0.2) is 13.3 Å². The second-order valence-electron chi connectivity index (χ2n) is 8.56. The van der Waals surface area contributed by atoms with Crippen LogP contribution in [0.4, 0.5) is 4.39 Å². The SMILES string of the molecule is CNS(=O)NC=O.COC(=O)C12CC3CC(C1)C(Oc1cc(F)c(C)cc1Cl)C(C3)C2. The largest absolute Gasteiger partial charge is 0.488 e. The predicted molar refractivity (Wildman–Crippen MR) is 115 cm³/mol. The summed E-state index contributed by atoms with van der Waals surface area (Å²) in [5.74, 6) is 1.26. The van der Waals surface area contributed by atoms with Gasteiger partial charge in [-0.1, -0.05) is 11.6 Å². The fourth-order valence-corrected chi connectivity index (χ4v) is 6.07. The first-order valence-electron chi connectivity index (χ1n) is 10.2. The van der Waals surface area contributed by atoms with Crippen LogP contribution in [-0.4, -0.2) is 36.8 Å². The number of aryl methyl sites for hydroxylation is 1. The molecule has 0 spiro atoms. The van der Waals surface area contributed by atoms with Gasteiger partial charge in [-0.3, -0.25) is 14.3 Å². The average Bonchev–Trinajstić information content (AvgIpc) is 2.73. The molecule has 3 atom stereocenters. The molecular formula is C21H28ClFN2O5S. The van der Waals surface area contributed by atoms with Crippen molar-refractivity contribution in [3.05, 3.63) is 28.5 Å². The van der Waals surface area contributed by atoms with Gasteiger partial charge in [0.05, 0.1) is 17.5 Å². The number of carbonyl (C=O) groups excluding carboxylic acids is 2. The second kappa shape index (κ2) is 9.83. The van der Waals surface area contributed by atoms with E-state index in [-0.39, 0.29) is 23.3 Å². The molecule has 4 aliphatic carbocycles. The zero-order valence-electron chi connectivity index (χ0n) is 17.8. The number of amides is 1. The second-order valence-corrected chi connectivity index (χ2v) is 10.2. The summed E-state index contributed by atoms with van der Waals surface area (Å²) in [5, 5.41) is 0.449. The van der Waals surface area contributed by atoms with Crippen LogP contribution in [0.2, 0.25) is 5.02 Å². The van der Waals surface area contributed by atoms with Crippen molar-refractivity contribution in [2.45, 2.75) is 45.1 Å². The maximum absolute atomic E-state index is 13.9. The maximum Gasteiger partial charge on any atom is 0.311 e. The minimum Gasteiger partial charge on any atom is -0.488 e. The predicted octanol–water partition coefficient (Wildman–Crippen LogP) is 3.06. The van der Waals surface area contributed by atoms with Crippen LogP contribution in [0.3, 0.4) is 0 Å². The lowest BCUT2D eigenvalue weighted by Gasteiger charge is -2.58. The van der Waals surface area contributed by atoms with E-state index < -0.39 is 11.2 Å². The van der Waals surface area contributed by atoms with Crippen molar-refractivity contribution in [1.82, 2.24) is 9.44 Å². The average molecular weight is 475 g/mol. The lowest BCUT2D eigenvalue weighted by atomic mass is 9.48. The van der Waals surface area contributed by atoms with Crippen LogP contribution >= 0.6 is 11.6 Å². The molecule has 2 N–H and O–H groups in total. The summed E-state index contributed by atoms with van der Waals surface area (Å²) in [5.41, 5.74) is 0.190. The van der Waals surface area contributed by atoms with Crippen LogP contribution in [0.1, 0.15) is 37.7 Å². The fraction of sp³-hybridized carbons (Fsp3) is 0.619. The van der Waals surface area contributed by atoms with Gasteiger partial charge < -0.3 is 9.47 Å². The number of esters is 1. The molecule has 0 heterocycles. The molecule has 0 aliphatic heterocycles. The minimum absolute atomic E-state index is 0.0129. The molecule has 10 heteroatoms. The molecule has 172 valence electrons. The van der Waals surface area contributed by atoms with Gasteiger partial charge in [0.15, 0.2) is 11.2 Å². The Morgan fingerprint density at radius 2 is 1.94 bits per heavy atom. The smallest absolute Gasteiger partial charge is 0.311 e. The fourth-order valence-electron chi connectivity index (χ4n) is 5.60. The molecule has 0 saturated heterocycles. The van der Waals surface area contributed by atoms with Crippen molar-refractivity contribution in [2.75, 3.05) is 14.2 Å². The van der Waals surface area contributed by atoms with Crippen LogP contribution in [-0.2, 0) is 25.5 Å². The van der Waals surface area contributed by atoms with Crippen molar-refractivity contribution >= 4 is 35.2 Å². The number of ether oxygens (including phenoxy) is 2. The van der Waals surface area contributed by atoms with Gasteiger partial charge in [-0.15, -0.1) is 0 Å². The zero-order valence-corrected chi connectivity index (χ0v) is 19.4. The number of benzene rings is 1. The Hall–Kier alpha value is -1.71. The molecule has 5 rings (SSSR count). The molecule has 3 unspecified atom stereocenters. The molecule has 1 aromatic rings. The third-order valence-electron chi connectivity index (χ3n) is 6.62. The molecule has 4 aliphatic rings. The summed E-state index contributed by atoms with van der Waals surface area (Å²) < 4.78 is 39.5. The molecule has 0 radical (unpaired) electrons. The van der Waals surface area contributed by atoms with Gasteiger partial charge in [0, 0.05) is 6.07 Å². The molecule has 7 nitrogen and oxygen atoms in total. The third kappa shape index (κ3) is 5.04. The normalized spacial score (nSPS) is 31.3. The standard InChI is InChI=1S/C19H22ClFO3.C2H6N2O2S/c1-10-3-14(20)16(6-15(10)21)24-17-12-4-11-5-13(17)9-19(7-11,8-12)18(22)23-2;1-3-7(6)4-2-5/h3,6,11-13,17H,4-5,7-9H2,1-2H3;2-3H,1H3,(H,4,5). The topological polar surface area (TPSA) is 93.7 Å². The highest BCUT2D eigenvalue weighted by Crippen LogP contribution is 2.61. The van der Waals surface area contributed by atoms with Crippen molar-refractivity contribution in [1.29, 1.82) is 0 Å². The summed E-state index contributed by atoms with van der Waals surface area (Å²) >= 11 is 4.85. The molecule has 1 aromatic carbocycles. The molecular weight excluding hydrogens is 447 g/mol. The van der Waals surface area contributed by atoms with Gasteiger partial charge in [0.1, 0.15) is 17.7 Å². The quantitative estimate of drug-likeness (QED) is 0.488. The first kappa shape index (κ1) is 23.9. The number of methoxy groups -OCH3 is 1. The maximum atomic E-state index is 13.9. The molecule has 4 saturated carbocycles. The Balaban J connectivity index is 0.000000339. The van der Waals surface area contributed by atoms with E-state index in [9.17, 15) is 18.2 Å². The van der Waals surface area contributed by atoms with Crippen LogP contribution < -0.4 is 14.2 Å². The first-order valence-corrected chi connectivity index (χ1v) is 11.8. The van der Waals surface area contributed by atoms with Crippen molar-refractivity contribution in [3.63, 3.8) is 0 Å². The van der Waals surface area contributed by atoms with Crippen molar-refractivity contribution in [3.8, 4) is 5.75 Å². The lowest BCUT2D eigenvalue weighted by Crippen LogP contribution is -2.58. The molecule has 31 heavy (non-hydrogen) atoms. The van der Waals surface area contributed by atoms with Crippen LogP contribution in [0.5, 0.6) is 5.75 Å². The number of hydrogen-bond acceptors (Lipinski definition) is 5. The van der Waals surface area contributed by atoms with E-state index in [0.717, 1.165) is 32.1 Å². The Bertz CT molecular complexity index is 854. The highest BCUT2D eigenvalue weighted by molar-refractivity contribution is 7.81. The van der Waals surface area contributed by atoms with Gasteiger partial charge in [0.2, 0.25) is 6.41 Å². The summed E-state index contributed by atoms with van der Waals surface area (Å²) in [6.45, 7) is 1.69. The van der Waals surface area contributed by atoms with E-state index in [4.69, 9.17) is 21.1 Å². The summed E-state index contributed by atoms with van der Waals surface area (Å²) in [4.78, 5) is 21.8. The summed E-state index contributed by atoms with van der Waals surface area (Å²) in [7, 11) is 2.95. The minimum atomic E-state index is -1.40. The Labute approximate surface area is 189 Å². The molecule has 0 aromatic heterocycles. The van der Waals surface area contributed by atoms with Gasteiger partial charge in [-0.2, -0.15) is 0 Å². The molecule has 1 amide bonds. The van der Waals surface area contributed by atoms with E-state index in [1.54, 1.807) is 13.0 Å². The number of nitrogens with one attached hydrogen (secondary N) is 2. The number of carbonyl (C=O) groups is 2. The van der Waals surface area contributed by atoms with Crippen molar-refractivity contribution in [2.24, 2.45) is 23.2 Å². The highest BCUT2D eigenvalue weighted by Gasteiger charge is 2.60. The van der Waals surface area contributed by atoms with E-state index in [1.807, 2.05) is 4.72 Å². The van der Waals surface area contributed by atoms with Crippen LogP contribution in [0.25, 0.3) is 0 Å². The Kier molecular flexibility index (Phi) is 7.59. The van der Waals surface area contributed by atoms with E-state index in [2.05, 4.69) is 4.72 Å². The Morgan fingerprint density at radius 3 is 2.45 bits per heavy atom. The summed E-state index contributed by atoms with van der Waals surface area (Å²) in [6.07, 6.45) is 5.09. The van der Waals surface area contributed by atoms with E-state index in [1.165, 1.54) is 20.2 Å². The number of rotatable bonds is 6.